The summed E-state index contributed by atoms with van der Waals surface area (Å²) < 4.78 is 5.30. The number of carbonyl (C=O) groups is 2. The van der Waals surface area contributed by atoms with Gasteiger partial charge in [-0.1, -0.05) is 24.3 Å². The summed E-state index contributed by atoms with van der Waals surface area (Å²) in [6.45, 7) is 6.57. The van der Waals surface area contributed by atoms with Gasteiger partial charge < -0.3 is 19.9 Å². The van der Waals surface area contributed by atoms with E-state index in [1.54, 1.807) is 13.0 Å². The van der Waals surface area contributed by atoms with Crippen molar-refractivity contribution in [1.29, 1.82) is 0 Å². The summed E-state index contributed by atoms with van der Waals surface area (Å²) in [5, 5.41) is 3.42. The molecule has 36 heavy (non-hydrogen) atoms. The van der Waals surface area contributed by atoms with Crippen LogP contribution >= 0.6 is 0 Å². The van der Waals surface area contributed by atoms with Crippen molar-refractivity contribution in [1.82, 2.24) is 24.7 Å². The van der Waals surface area contributed by atoms with Crippen molar-refractivity contribution in [3.8, 4) is 6.01 Å². The van der Waals surface area contributed by atoms with E-state index < -0.39 is 0 Å². The van der Waals surface area contributed by atoms with Crippen molar-refractivity contribution in [3.05, 3.63) is 47.2 Å². The molecule has 1 aromatic heterocycles. The third-order valence-corrected chi connectivity index (χ3v) is 7.83. The maximum absolute atomic E-state index is 13.4. The number of hydrogen-bond acceptors (Lipinski definition) is 7. The van der Waals surface area contributed by atoms with Crippen LogP contribution < -0.4 is 10.1 Å². The molecule has 3 aliphatic heterocycles. The molecule has 2 saturated heterocycles. The molecular weight excluding hydrogens is 456 g/mol. The molecule has 5 rings (SSSR count). The Labute approximate surface area is 212 Å². The van der Waals surface area contributed by atoms with E-state index in [1.165, 1.54) is 18.2 Å². The van der Waals surface area contributed by atoms with Crippen LogP contribution in [-0.4, -0.2) is 88.4 Å². The molecule has 2 amide bonds. The second-order valence-electron chi connectivity index (χ2n) is 10.1. The van der Waals surface area contributed by atoms with Gasteiger partial charge in [-0.05, 0) is 43.2 Å². The van der Waals surface area contributed by atoms with Gasteiger partial charge in [0.1, 0.15) is 11.5 Å². The molecule has 0 spiro atoms. The molecule has 0 radical (unpaired) electrons. The lowest BCUT2D eigenvalue weighted by Crippen LogP contribution is -2.48. The molecule has 0 unspecified atom stereocenters. The van der Waals surface area contributed by atoms with Crippen LogP contribution in [0.15, 0.2) is 30.3 Å². The number of amides is 2. The Bertz CT molecular complexity index is 1090. The summed E-state index contributed by atoms with van der Waals surface area (Å²) in [4.78, 5) is 40.1. The number of benzene rings is 1. The number of fused-ring (bicyclic) bond motifs is 1. The van der Waals surface area contributed by atoms with Crippen LogP contribution in [0.4, 0.5) is 5.82 Å². The zero-order chi connectivity index (χ0) is 25.1. The molecule has 0 saturated carbocycles. The molecule has 192 valence electrons. The van der Waals surface area contributed by atoms with E-state index in [-0.39, 0.29) is 23.9 Å². The fourth-order valence-electron chi connectivity index (χ4n) is 5.67. The van der Waals surface area contributed by atoms with E-state index in [0.717, 1.165) is 71.4 Å². The second-order valence-corrected chi connectivity index (χ2v) is 10.1. The van der Waals surface area contributed by atoms with Gasteiger partial charge in [-0.25, -0.2) is 0 Å². The van der Waals surface area contributed by atoms with Gasteiger partial charge in [-0.2, -0.15) is 9.97 Å². The highest BCUT2D eigenvalue weighted by Crippen LogP contribution is 2.26. The minimum Gasteiger partial charge on any atom is -0.467 e. The van der Waals surface area contributed by atoms with Crippen LogP contribution in [0.2, 0.25) is 0 Å². The number of nitrogens with zero attached hydrogens (tertiary/aromatic N) is 5. The Morgan fingerprint density at radius 2 is 1.64 bits per heavy atom. The Morgan fingerprint density at radius 3 is 2.33 bits per heavy atom. The topological polar surface area (TPSA) is 90.9 Å². The monoisotopic (exact) mass is 492 g/mol. The van der Waals surface area contributed by atoms with Gasteiger partial charge in [-0.15, -0.1) is 0 Å². The second kappa shape index (κ2) is 10.8. The lowest BCUT2D eigenvalue weighted by Gasteiger charge is -2.40. The van der Waals surface area contributed by atoms with Gasteiger partial charge in [0.2, 0.25) is 5.91 Å². The normalized spacial score (nSPS) is 19.6. The quantitative estimate of drug-likeness (QED) is 0.686. The van der Waals surface area contributed by atoms with E-state index in [0.29, 0.717) is 17.6 Å². The van der Waals surface area contributed by atoms with E-state index >= 15 is 0 Å². The number of ether oxygens (including phenoxy) is 1. The molecule has 2 aromatic rings. The van der Waals surface area contributed by atoms with Crippen molar-refractivity contribution in [2.75, 3.05) is 45.2 Å². The van der Waals surface area contributed by atoms with Gasteiger partial charge in [0.15, 0.2) is 0 Å². The molecule has 1 N–H and O–H groups in total. The van der Waals surface area contributed by atoms with E-state index in [4.69, 9.17) is 4.74 Å². The van der Waals surface area contributed by atoms with Crippen LogP contribution in [0.3, 0.4) is 0 Å². The SMILES string of the molecule is COc1nc(NC2CCN(C(C)=O)CC2)cc(C(=O)N2CCC(N3CCc4ccccc4C3)CC2)n1. The van der Waals surface area contributed by atoms with Gasteiger partial charge in [-0.3, -0.25) is 14.5 Å². The Kier molecular flexibility index (Phi) is 7.36. The largest absolute Gasteiger partial charge is 0.467 e. The van der Waals surface area contributed by atoms with Gasteiger partial charge in [0.05, 0.1) is 7.11 Å². The van der Waals surface area contributed by atoms with Crippen LogP contribution in [0, 0.1) is 0 Å². The zero-order valence-corrected chi connectivity index (χ0v) is 21.3. The first-order valence-corrected chi connectivity index (χ1v) is 13.1. The van der Waals surface area contributed by atoms with Crippen molar-refractivity contribution >= 4 is 17.6 Å². The maximum Gasteiger partial charge on any atom is 0.318 e. The van der Waals surface area contributed by atoms with E-state index in [1.807, 2.05) is 9.80 Å². The number of nitrogens with one attached hydrogen (secondary N) is 1. The summed E-state index contributed by atoms with van der Waals surface area (Å²) in [5.41, 5.74) is 3.26. The van der Waals surface area contributed by atoms with Crippen LogP contribution in [0.1, 0.15) is 54.2 Å². The summed E-state index contributed by atoms with van der Waals surface area (Å²) in [6.07, 6.45) is 4.71. The number of anilines is 1. The first-order chi connectivity index (χ1) is 17.5. The van der Waals surface area contributed by atoms with Gasteiger partial charge in [0.25, 0.3) is 5.91 Å². The highest BCUT2D eigenvalue weighted by Gasteiger charge is 2.30. The molecule has 1 aromatic carbocycles. The number of aromatic nitrogens is 2. The predicted octanol–water partition coefficient (Wildman–Crippen LogP) is 2.57. The standard InChI is InChI=1S/C27H36N6O3/c1-19(34)31-13-8-22(9-14-31)28-25-17-24(29-27(30-25)36-2)26(35)32-15-10-23(11-16-32)33-12-7-20-5-3-4-6-21(20)18-33/h3-6,17,22-23H,7-16,18H2,1-2H3,(H,28,29,30). The smallest absolute Gasteiger partial charge is 0.318 e. The molecule has 2 fully saturated rings. The van der Waals surface area contributed by atoms with Crippen molar-refractivity contribution in [2.45, 2.75) is 57.7 Å². The summed E-state index contributed by atoms with van der Waals surface area (Å²) >= 11 is 0. The van der Waals surface area contributed by atoms with Gasteiger partial charge in [0, 0.05) is 64.3 Å². The Hall–Kier alpha value is -3.20. The number of rotatable bonds is 5. The minimum absolute atomic E-state index is 0.0763. The van der Waals surface area contributed by atoms with Crippen molar-refractivity contribution in [3.63, 3.8) is 0 Å². The number of likely N-dealkylation sites (tertiary alicyclic amines) is 2. The number of piperidine rings is 2. The molecule has 4 heterocycles. The molecule has 9 heteroatoms. The average Bonchev–Trinajstić information content (AvgIpc) is 2.92. The number of hydrogen-bond donors (Lipinski definition) is 1. The summed E-state index contributed by atoms with van der Waals surface area (Å²) in [5.74, 6) is 0.625. The van der Waals surface area contributed by atoms with E-state index in [9.17, 15) is 9.59 Å². The lowest BCUT2D eigenvalue weighted by molar-refractivity contribution is -0.129. The molecule has 3 aliphatic rings. The van der Waals surface area contributed by atoms with Crippen molar-refractivity contribution in [2.24, 2.45) is 0 Å². The molecule has 0 aliphatic carbocycles. The first kappa shape index (κ1) is 24.5. The highest BCUT2D eigenvalue weighted by atomic mass is 16.5. The highest BCUT2D eigenvalue weighted by molar-refractivity contribution is 5.93. The molecular formula is C27H36N6O3. The summed E-state index contributed by atoms with van der Waals surface area (Å²) in [6, 6.07) is 11.3. The lowest BCUT2D eigenvalue weighted by atomic mass is 9.95. The van der Waals surface area contributed by atoms with E-state index in [2.05, 4.69) is 44.5 Å². The zero-order valence-electron chi connectivity index (χ0n) is 21.3. The minimum atomic E-state index is -0.0763. The number of carbonyl (C=O) groups excluding carboxylic acids is 2. The van der Waals surface area contributed by atoms with Crippen LogP contribution in [-0.2, 0) is 17.8 Å². The molecule has 0 bridgehead atoms. The fourth-order valence-corrected chi connectivity index (χ4v) is 5.67. The summed E-state index contributed by atoms with van der Waals surface area (Å²) in [7, 11) is 1.51. The first-order valence-electron chi connectivity index (χ1n) is 13.1. The Balaban J connectivity index is 1.19. The fraction of sp³-hybridized carbons (Fsp3) is 0.556. The third kappa shape index (κ3) is 5.46. The average molecular weight is 493 g/mol. The van der Waals surface area contributed by atoms with Gasteiger partial charge >= 0.3 is 6.01 Å². The maximum atomic E-state index is 13.4. The predicted molar refractivity (Wildman–Crippen MR) is 137 cm³/mol. The van der Waals surface area contributed by atoms with Crippen LogP contribution in [0.25, 0.3) is 0 Å². The molecule has 0 atom stereocenters. The molecule has 9 nitrogen and oxygen atoms in total. The number of methoxy groups -OCH3 is 1. The van der Waals surface area contributed by atoms with Crippen molar-refractivity contribution < 1.29 is 14.3 Å². The van der Waals surface area contributed by atoms with Crippen LogP contribution in [0.5, 0.6) is 6.01 Å². The Morgan fingerprint density at radius 1 is 0.944 bits per heavy atom. The third-order valence-electron chi connectivity index (χ3n) is 7.83.